The highest BCUT2D eigenvalue weighted by molar-refractivity contribution is 8.03. The van der Waals surface area contributed by atoms with Crippen LogP contribution in [0.1, 0.15) is 17.5 Å². The number of rotatable bonds is 5. The van der Waals surface area contributed by atoms with Crippen molar-refractivity contribution in [3.05, 3.63) is 96.1 Å². The third-order valence-electron chi connectivity index (χ3n) is 5.78. The van der Waals surface area contributed by atoms with E-state index in [1.807, 2.05) is 60.7 Å². The van der Waals surface area contributed by atoms with Gasteiger partial charge in [-0.15, -0.1) is 11.8 Å². The molecule has 0 aliphatic carbocycles. The molecule has 2 unspecified atom stereocenters. The second-order valence-corrected chi connectivity index (χ2v) is 9.15. The van der Waals surface area contributed by atoms with Crippen molar-refractivity contribution in [2.75, 3.05) is 9.80 Å². The minimum atomic E-state index is -1.34. The smallest absolute Gasteiger partial charge is 0.305 e. The average molecular weight is 445 g/mol. The van der Waals surface area contributed by atoms with Crippen molar-refractivity contribution in [1.29, 1.82) is 0 Å². The van der Waals surface area contributed by atoms with Gasteiger partial charge in [-0.05, 0) is 23.8 Å². The van der Waals surface area contributed by atoms with Crippen LogP contribution in [0, 0.1) is 0 Å². The van der Waals surface area contributed by atoms with E-state index in [2.05, 4.69) is 0 Å². The standard InChI is InChI=1S/C25H20N2O4S/c28-22(29)15-21-23(30)27(18-11-5-2-6-12-18)25(32-21)19-13-7-8-14-20(19)26(24(25)31)16-17-9-3-1-4-10-17/h1-14,21H,15-16H2,(H,28,29). The molecule has 2 amide bonds. The first-order valence-corrected chi connectivity index (χ1v) is 11.1. The van der Waals surface area contributed by atoms with Crippen molar-refractivity contribution >= 4 is 40.9 Å². The number of hydrogen-bond donors (Lipinski definition) is 1. The van der Waals surface area contributed by atoms with Crippen LogP contribution in [0.15, 0.2) is 84.9 Å². The Labute approximate surface area is 189 Å². The normalized spacial score (nSPS) is 21.9. The summed E-state index contributed by atoms with van der Waals surface area (Å²) in [6.45, 7) is 0.361. The van der Waals surface area contributed by atoms with Crippen molar-refractivity contribution in [3.8, 4) is 0 Å². The molecule has 3 aromatic carbocycles. The van der Waals surface area contributed by atoms with Crippen LogP contribution in [0.5, 0.6) is 0 Å². The van der Waals surface area contributed by atoms with Crippen LogP contribution < -0.4 is 9.80 Å². The van der Waals surface area contributed by atoms with Gasteiger partial charge in [0.25, 0.3) is 5.91 Å². The highest BCUT2D eigenvalue weighted by Crippen LogP contribution is 2.58. The Morgan fingerprint density at radius 1 is 0.906 bits per heavy atom. The molecule has 0 aromatic heterocycles. The quantitative estimate of drug-likeness (QED) is 0.643. The number of carboxylic acid groups (broad SMARTS) is 1. The number of nitrogens with zero attached hydrogens (tertiary/aromatic N) is 2. The molecular formula is C25H20N2O4S. The molecule has 7 heteroatoms. The number of benzene rings is 3. The number of carboxylic acids is 1. The first-order valence-electron chi connectivity index (χ1n) is 10.3. The highest BCUT2D eigenvalue weighted by Gasteiger charge is 2.64. The summed E-state index contributed by atoms with van der Waals surface area (Å²) in [6.07, 6.45) is -0.345. The van der Waals surface area contributed by atoms with Gasteiger partial charge in [-0.3, -0.25) is 19.3 Å². The van der Waals surface area contributed by atoms with E-state index >= 15 is 0 Å². The van der Waals surface area contributed by atoms with Crippen molar-refractivity contribution in [2.24, 2.45) is 0 Å². The lowest BCUT2D eigenvalue weighted by Crippen LogP contribution is -2.49. The molecular weight excluding hydrogens is 424 g/mol. The summed E-state index contributed by atoms with van der Waals surface area (Å²) in [5.41, 5.74) is 2.98. The van der Waals surface area contributed by atoms with Crippen LogP contribution in [0.3, 0.4) is 0 Å². The monoisotopic (exact) mass is 444 g/mol. The van der Waals surface area contributed by atoms with Crippen LogP contribution in [0.25, 0.3) is 0 Å². The fraction of sp³-hybridized carbons (Fsp3) is 0.160. The molecule has 1 saturated heterocycles. The summed E-state index contributed by atoms with van der Waals surface area (Å²) >= 11 is 1.13. The first-order chi connectivity index (χ1) is 15.5. The minimum Gasteiger partial charge on any atom is -0.481 e. The molecule has 2 aliphatic rings. The summed E-state index contributed by atoms with van der Waals surface area (Å²) < 4.78 is 0. The predicted molar refractivity (Wildman–Crippen MR) is 123 cm³/mol. The van der Waals surface area contributed by atoms with Gasteiger partial charge in [-0.2, -0.15) is 0 Å². The maximum Gasteiger partial charge on any atom is 0.305 e. The minimum absolute atomic E-state index is 0.238. The fourth-order valence-electron chi connectivity index (χ4n) is 4.44. The zero-order valence-corrected chi connectivity index (χ0v) is 17.9. The second kappa shape index (κ2) is 7.84. The van der Waals surface area contributed by atoms with Gasteiger partial charge < -0.3 is 10.0 Å². The Kier molecular flexibility index (Phi) is 4.98. The Bertz CT molecular complexity index is 1200. The van der Waals surface area contributed by atoms with E-state index in [1.165, 1.54) is 4.90 Å². The number of carbonyl (C=O) groups excluding carboxylic acids is 2. The molecule has 2 aliphatic heterocycles. The molecule has 32 heavy (non-hydrogen) atoms. The lowest BCUT2D eigenvalue weighted by Gasteiger charge is -2.33. The van der Waals surface area contributed by atoms with Gasteiger partial charge in [-0.1, -0.05) is 66.7 Å². The first kappa shape index (κ1) is 20.3. The summed E-state index contributed by atoms with van der Waals surface area (Å²) in [5.74, 6) is -1.67. The van der Waals surface area contributed by atoms with Crippen molar-refractivity contribution in [1.82, 2.24) is 0 Å². The maximum atomic E-state index is 14.1. The van der Waals surface area contributed by atoms with Gasteiger partial charge in [0.1, 0.15) is 0 Å². The maximum absolute atomic E-state index is 14.1. The molecule has 1 fully saturated rings. The molecule has 1 N–H and O–H groups in total. The predicted octanol–water partition coefficient (Wildman–Crippen LogP) is 4.01. The van der Waals surface area contributed by atoms with Crippen LogP contribution in [0.4, 0.5) is 11.4 Å². The Morgan fingerprint density at radius 3 is 2.22 bits per heavy atom. The summed E-state index contributed by atoms with van der Waals surface area (Å²) in [4.78, 5) is 41.0. The summed E-state index contributed by atoms with van der Waals surface area (Å²) in [7, 11) is 0. The zero-order valence-electron chi connectivity index (χ0n) is 17.0. The number of anilines is 2. The highest BCUT2D eigenvalue weighted by atomic mass is 32.2. The molecule has 0 radical (unpaired) electrons. The van der Waals surface area contributed by atoms with E-state index in [-0.39, 0.29) is 18.2 Å². The number of amides is 2. The number of thioether (sulfide) groups is 1. The van der Waals surface area contributed by atoms with Gasteiger partial charge in [0, 0.05) is 11.3 Å². The van der Waals surface area contributed by atoms with E-state index in [0.29, 0.717) is 17.8 Å². The Balaban J connectivity index is 1.67. The molecule has 1 spiro atoms. The van der Waals surface area contributed by atoms with Crippen LogP contribution in [0.2, 0.25) is 0 Å². The largest absolute Gasteiger partial charge is 0.481 e. The molecule has 5 rings (SSSR count). The molecule has 6 nitrogen and oxygen atoms in total. The number of carbonyl (C=O) groups is 3. The van der Waals surface area contributed by atoms with E-state index in [4.69, 9.17) is 0 Å². The van der Waals surface area contributed by atoms with Gasteiger partial charge >= 0.3 is 5.97 Å². The van der Waals surface area contributed by atoms with Gasteiger partial charge in [0.2, 0.25) is 10.8 Å². The summed E-state index contributed by atoms with van der Waals surface area (Å²) in [5, 5.41) is 8.55. The SMILES string of the molecule is O=C(O)CC1SC2(C(=O)N(Cc3ccccc3)c3ccccc32)N(c2ccccc2)C1=O. The number of para-hydroxylation sites is 2. The van der Waals surface area contributed by atoms with Crippen LogP contribution >= 0.6 is 11.8 Å². The van der Waals surface area contributed by atoms with Crippen molar-refractivity contribution in [3.63, 3.8) is 0 Å². The van der Waals surface area contributed by atoms with E-state index < -0.39 is 16.1 Å². The molecule has 0 saturated carbocycles. The molecule has 160 valence electrons. The van der Waals surface area contributed by atoms with E-state index in [9.17, 15) is 19.5 Å². The lowest BCUT2D eigenvalue weighted by molar-refractivity contribution is -0.138. The average Bonchev–Trinajstić information content (AvgIpc) is 3.22. The molecule has 0 bridgehead atoms. The number of fused-ring (bicyclic) bond motifs is 2. The Morgan fingerprint density at radius 2 is 1.53 bits per heavy atom. The van der Waals surface area contributed by atoms with Gasteiger partial charge in [0.05, 0.1) is 23.9 Å². The zero-order chi connectivity index (χ0) is 22.3. The number of aliphatic carboxylic acids is 1. The second-order valence-electron chi connectivity index (χ2n) is 7.75. The third kappa shape index (κ3) is 3.08. The van der Waals surface area contributed by atoms with Crippen LogP contribution in [-0.2, 0) is 25.8 Å². The molecule has 2 heterocycles. The van der Waals surface area contributed by atoms with E-state index in [1.54, 1.807) is 29.2 Å². The molecule has 2 atom stereocenters. The Hall–Kier alpha value is -3.58. The number of hydrogen-bond acceptors (Lipinski definition) is 4. The van der Waals surface area contributed by atoms with Gasteiger partial charge in [-0.25, -0.2) is 0 Å². The molecule has 3 aromatic rings. The van der Waals surface area contributed by atoms with Crippen molar-refractivity contribution in [2.45, 2.75) is 23.1 Å². The van der Waals surface area contributed by atoms with Crippen LogP contribution in [-0.4, -0.2) is 28.1 Å². The lowest BCUT2D eigenvalue weighted by atomic mass is 10.0. The summed E-state index contributed by atoms with van der Waals surface area (Å²) in [6, 6.07) is 26.1. The topological polar surface area (TPSA) is 77.9 Å². The van der Waals surface area contributed by atoms with Gasteiger partial charge in [0.15, 0.2) is 0 Å². The third-order valence-corrected chi connectivity index (χ3v) is 7.35. The fourth-order valence-corrected chi connectivity index (χ4v) is 6.09. The van der Waals surface area contributed by atoms with Crippen molar-refractivity contribution < 1.29 is 19.5 Å². The van der Waals surface area contributed by atoms with E-state index in [0.717, 1.165) is 23.0 Å².